The Morgan fingerprint density at radius 1 is 1.15 bits per heavy atom. The molecule has 1 saturated heterocycles. The normalized spacial score (nSPS) is 25.7. The molecule has 1 aliphatic heterocycles. The molecule has 0 amide bonds. The number of hydrogen-bond donors (Lipinski definition) is 1. The summed E-state index contributed by atoms with van der Waals surface area (Å²) in [4.78, 5) is 2.50. The van der Waals surface area contributed by atoms with Gasteiger partial charge >= 0.3 is 0 Å². The molecule has 3 atom stereocenters. The third-order valence-corrected chi connectivity index (χ3v) is 5.66. The average Bonchev–Trinajstić information content (AvgIpc) is 3.00. The molecule has 1 heterocycles. The van der Waals surface area contributed by atoms with Crippen LogP contribution in [0.15, 0.2) is 42.5 Å². The van der Waals surface area contributed by atoms with E-state index < -0.39 is 0 Å². The monoisotopic (exact) mass is 372 g/mol. The summed E-state index contributed by atoms with van der Waals surface area (Å²) in [5.41, 5.74) is 8.85. The number of likely N-dealkylation sites (tertiary alicyclic amines) is 1. The lowest BCUT2D eigenvalue weighted by atomic mass is 10.0. The second-order valence-electron chi connectivity index (χ2n) is 7.23. The first-order valence-electron chi connectivity index (χ1n) is 9.22. The van der Waals surface area contributed by atoms with Crippen LogP contribution in [-0.2, 0) is 6.42 Å². The van der Waals surface area contributed by atoms with Gasteiger partial charge < -0.3 is 15.2 Å². The van der Waals surface area contributed by atoms with Crippen molar-refractivity contribution in [1.29, 1.82) is 0 Å². The molecule has 0 spiro atoms. The Morgan fingerprint density at radius 2 is 1.96 bits per heavy atom. The molecule has 26 heavy (non-hydrogen) atoms. The topological polar surface area (TPSA) is 47.7 Å². The Labute approximate surface area is 159 Å². The summed E-state index contributed by atoms with van der Waals surface area (Å²) in [5, 5.41) is 0.613. The van der Waals surface area contributed by atoms with E-state index in [-0.39, 0.29) is 12.1 Å². The van der Waals surface area contributed by atoms with Crippen LogP contribution < -0.4 is 15.2 Å². The van der Waals surface area contributed by atoms with Gasteiger partial charge in [-0.15, -0.1) is 0 Å². The van der Waals surface area contributed by atoms with Crippen LogP contribution >= 0.6 is 11.6 Å². The van der Waals surface area contributed by atoms with Crippen LogP contribution in [0, 0.1) is 0 Å². The highest BCUT2D eigenvalue weighted by atomic mass is 35.5. The zero-order chi connectivity index (χ0) is 18.1. The van der Waals surface area contributed by atoms with Gasteiger partial charge in [-0.25, -0.2) is 0 Å². The molecule has 2 N–H and O–H groups in total. The molecule has 2 aromatic carbocycles. The van der Waals surface area contributed by atoms with Crippen LogP contribution in [0.5, 0.6) is 11.5 Å². The maximum absolute atomic E-state index is 6.48. The van der Waals surface area contributed by atoms with Crippen molar-refractivity contribution in [2.24, 2.45) is 5.73 Å². The van der Waals surface area contributed by atoms with Gasteiger partial charge in [0, 0.05) is 23.7 Å². The van der Waals surface area contributed by atoms with Gasteiger partial charge in [0.25, 0.3) is 0 Å². The number of halogens is 1. The molecule has 0 radical (unpaired) electrons. The van der Waals surface area contributed by atoms with Crippen LogP contribution in [0.3, 0.4) is 0 Å². The van der Waals surface area contributed by atoms with Crippen LogP contribution in [0.25, 0.3) is 0 Å². The minimum atomic E-state index is -0.0281. The maximum atomic E-state index is 6.48. The van der Waals surface area contributed by atoms with Crippen molar-refractivity contribution >= 4 is 11.6 Å². The summed E-state index contributed by atoms with van der Waals surface area (Å²) in [5.74, 6) is 1.44. The average molecular weight is 373 g/mol. The maximum Gasteiger partial charge on any atom is 0.140 e. The highest BCUT2D eigenvalue weighted by molar-refractivity contribution is 6.30. The van der Waals surface area contributed by atoms with E-state index in [1.54, 1.807) is 13.2 Å². The molecule has 2 aliphatic rings. The van der Waals surface area contributed by atoms with Gasteiger partial charge in [0.1, 0.15) is 17.6 Å². The van der Waals surface area contributed by atoms with Gasteiger partial charge in [0.2, 0.25) is 0 Å². The van der Waals surface area contributed by atoms with Crippen LogP contribution in [-0.4, -0.2) is 37.2 Å². The number of rotatable bonds is 4. The Kier molecular flexibility index (Phi) is 5.07. The molecule has 5 heteroatoms. The van der Waals surface area contributed by atoms with Crippen molar-refractivity contribution in [3.8, 4) is 11.5 Å². The molecule has 1 fully saturated rings. The summed E-state index contributed by atoms with van der Waals surface area (Å²) in [6, 6.07) is 14.6. The summed E-state index contributed by atoms with van der Waals surface area (Å²) >= 11 is 6.23. The van der Waals surface area contributed by atoms with E-state index in [9.17, 15) is 0 Å². The van der Waals surface area contributed by atoms with Crippen LogP contribution in [0.2, 0.25) is 5.02 Å². The number of nitrogens with two attached hydrogens (primary N) is 1. The van der Waals surface area contributed by atoms with E-state index in [1.807, 2.05) is 12.1 Å². The van der Waals surface area contributed by atoms with Crippen molar-refractivity contribution < 1.29 is 9.47 Å². The lowest BCUT2D eigenvalue weighted by molar-refractivity contribution is 0.0592. The molecule has 1 aliphatic carbocycles. The molecular formula is C21H25ClN2O2. The summed E-state index contributed by atoms with van der Waals surface area (Å²) in [6.07, 6.45) is 3.21. The number of ether oxygens (including phenoxy) is 2. The second kappa shape index (κ2) is 7.47. The molecule has 4 nitrogen and oxygen atoms in total. The van der Waals surface area contributed by atoms with Crippen LogP contribution in [0.4, 0.5) is 0 Å². The number of hydrogen-bond acceptors (Lipinski definition) is 4. The van der Waals surface area contributed by atoms with E-state index in [0.717, 1.165) is 38.1 Å². The van der Waals surface area contributed by atoms with Crippen molar-refractivity contribution in [2.75, 3.05) is 20.2 Å². The minimum Gasteiger partial charge on any atom is -0.497 e. The fourth-order valence-corrected chi connectivity index (χ4v) is 4.43. The SMILES string of the molecule is COc1cc(Cl)cc(O[C@@H]2c3ccccc3C[C@H]2N2CCC[C@H](N)C2)c1. The standard InChI is InChI=1S/C21H25ClN2O2/c1-25-17-10-15(22)11-18(12-17)26-21-19-7-3-2-5-14(19)9-20(21)24-8-4-6-16(23)13-24/h2-3,5,7,10-12,16,20-21H,4,6,8-9,13,23H2,1H3/t16-,20+,21+/m0/s1. The minimum absolute atomic E-state index is 0.0281. The molecule has 0 unspecified atom stereocenters. The van der Waals surface area contributed by atoms with Crippen molar-refractivity contribution in [3.05, 3.63) is 58.6 Å². The number of nitrogens with zero attached hydrogens (tertiary/aromatic N) is 1. The Hall–Kier alpha value is -1.75. The molecule has 0 saturated carbocycles. The Balaban J connectivity index is 1.64. The molecule has 0 aromatic heterocycles. The van der Waals surface area contributed by atoms with Gasteiger partial charge in [0.05, 0.1) is 13.2 Å². The van der Waals surface area contributed by atoms with E-state index in [1.165, 1.54) is 11.1 Å². The summed E-state index contributed by atoms with van der Waals surface area (Å²) < 4.78 is 11.8. The fourth-order valence-electron chi connectivity index (χ4n) is 4.21. The fraction of sp³-hybridized carbons (Fsp3) is 0.429. The lowest BCUT2D eigenvalue weighted by Gasteiger charge is -2.38. The van der Waals surface area contributed by atoms with Gasteiger partial charge in [-0.3, -0.25) is 4.90 Å². The van der Waals surface area contributed by atoms with Gasteiger partial charge in [-0.2, -0.15) is 0 Å². The quantitative estimate of drug-likeness (QED) is 0.886. The zero-order valence-corrected chi connectivity index (χ0v) is 15.8. The van der Waals surface area contributed by atoms with Crippen molar-refractivity contribution in [2.45, 2.75) is 37.5 Å². The third kappa shape index (κ3) is 3.54. The Morgan fingerprint density at radius 3 is 2.77 bits per heavy atom. The van der Waals surface area contributed by atoms with Crippen LogP contribution in [0.1, 0.15) is 30.1 Å². The van der Waals surface area contributed by atoms with Crippen molar-refractivity contribution in [1.82, 2.24) is 4.90 Å². The smallest absolute Gasteiger partial charge is 0.140 e. The summed E-state index contributed by atoms with van der Waals surface area (Å²) in [7, 11) is 1.64. The van der Waals surface area contributed by atoms with E-state index in [2.05, 4.69) is 29.2 Å². The largest absolute Gasteiger partial charge is 0.497 e. The predicted molar refractivity (Wildman–Crippen MR) is 104 cm³/mol. The number of piperidine rings is 1. The first-order chi connectivity index (χ1) is 12.6. The highest BCUT2D eigenvalue weighted by Gasteiger charge is 2.39. The van der Waals surface area contributed by atoms with E-state index in [4.69, 9.17) is 26.8 Å². The molecule has 0 bridgehead atoms. The van der Waals surface area contributed by atoms with Gasteiger partial charge in [-0.1, -0.05) is 35.9 Å². The number of benzene rings is 2. The zero-order valence-electron chi connectivity index (χ0n) is 15.0. The third-order valence-electron chi connectivity index (χ3n) is 5.44. The molecule has 138 valence electrons. The Bertz CT molecular complexity index is 782. The van der Waals surface area contributed by atoms with Gasteiger partial charge in [0.15, 0.2) is 0 Å². The van der Waals surface area contributed by atoms with E-state index >= 15 is 0 Å². The first kappa shape index (κ1) is 17.7. The lowest BCUT2D eigenvalue weighted by Crippen LogP contribution is -2.49. The molecular weight excluding hydrogens is 348 g/mol. The highest BCUT2D eigenvalue weighted by Crippen LogP contribution is 2.40. The van der Waals surface area contributed by atoms with E-state index in [0.29, 0.717) is 16.8 Å². The predicted octanol–water partition coefficient (Wildman–Crippen LogP) is 3.82. The number of methoxy groups -OCH3 is 1. The number of fused-ring (bicyclic) bond motifs is 1. The van der Waals surface area contributed by atoms with Crippen molar-refractivity contribution in [3.63, 3.8) is 0 Å². The molecule has 4 rings (SSSR count). The van der Waals surface area contributed by atoms with Gasteiger partial charge in [-0.05, 0) is 49.1 Å². The molecule has 2 aromatic rings. The first-order valence-corrected chi connectivity index (χ1v) is 9.60. The summed E-state index contributed by atoms with van der Waals surface area (Å²) in [6.45, 7) is 2.00. The second-order valence-corrected chi connectivity index (χ2v) is 7.67.